The van der Waals surface area contributed by atoms with Crippen molar-refractivity contribution >= 4 is 33.4 Å². The molecule has 0 bridgehead atoms. The van der Waals surface area contributed by atoms with Crippen LogP contribution in [0.5, 0.6) is 0 Å². The van der Waals surface area contributed by atoms with Crippen molar-refractivity contribution in [1.82, 2.24) is 24.8 Å². The Balaban J connectivity index is 1.72. The fraction of sp³-hybridized carbons (Fsp3) is 0.389. The average molecular weight is 368 g/mol. The quantitative estimate of drug-likeness (QED) is 0.707. The standard InChI is InChI=1S/C18H20N6OS/c1-11-19-6-4-13(22-11)24-9-5-12(10-24)14-15-17(21-8-7-20-15)26-16(14)18(25)23(2)3/h4,6-8,12H,5,9-10H2,1-3H3/t12-/m1/s1. The van der Waals surface area contributed by atoms with Crippen LogP contribution in [0.4, 0.5) is 5.82 Å². The summed E-state index contributed by atoms with van der Waals surface area (Å²) in [6, 6.07) is 1.94. The number of carbonyl (C=O) groups excluding carboxylic acids is 1. The van der Waals surface area contributed by atoms with Gasteiger partial charge < -0.3 is 9.80 Å². The maximum atomic E-state index is 12.7. The van der Waals surface area contributed by atoms with Crippen molar-refractivity contribution < 1.29 is 4.79 Å². The first-order chi connectivity index (χ1) is 12.5. The summed E-state index contributed by atoms with van der Waals surface area (Å²) >= 11 is 1.44. The molecule has 3 aromatic rings. The Morgan fingerprint density at radius 2 is 2.04 bits per heavy atom. The van der Waals surface area contributed by atoms with Crippen molar-refractivity contribution in [2.24, 2.45) is 0 Å². The van der Waals surface area contributed by atoms with E-state index < -0.39 is 0 Å². The molecule has 1 fully saturated rings. The number of fused-ring (bicyclic) bond motifs is 1. The van der Waals surface area contributed by atoms with Crippen LogP contribution in [0.1, 0.15) is 33.4 Å². The molecule has 1 saturated heterocycles. The lowest BCUT2D eigenvalue weighted by Crippen LogP contribution is -2.23. The number of aromatic nitrogens is 4. The van der Waals surface area contributed by atoms with Gasteiger partial charge in [0.2, 0.25) is 0 Å². The van der Waals surface area contributed by atoms with Gasteiger partial charge in [-0.25, -0.2) is 15.0 Å². The normalized spacial score (nSPS) is 17.0. The molecule has 1 atom stereocenters. The minimum absolute atomic E-state index is 0.0149. The van der Waals surface area contributed by atoms with Crippen molar-refractivity contribution in [1.29, 1.82) is 0 Å². The zero-order valence-electron chi connectivity index (χ0n) is 15.0. The summed E-state index contributed by atoms with van der Waals surface area (Å²) < 4.78 is 0. The molecule has 4 rings (SSSR count). The van der Waals surface area contributed by atoms with Gasteiger partial charge in [0.15, 0.2) is 0 Å². The summed E-state index contributed by atoms with van der Waals surface area (Å²) in [4.78, 5) is 35.8. The molecule has 1 amide bonds. The van der Waals surface area contributed by atoms with Crippen LogP contribution in [0.15, 0.2) is 24.7 Å². The van der Waals surface area contributed by atoms with Gasteiger partial charge in [-0.1, -0.05) is 0 Å². The molecule has 0 radical (unpaired) electrons. The summed E-state index contributed by atoms with van der Waals surface area (Å²) in [6.07, 6.45) is 6.12. The first-order valence-electron chi connectivity index (χ1n) is 8.54. The van der Waals surface area contributed by atoms with E-state index in [4.69, 9.17) is 0 Å². The van der Waals surface area contributed by atoms with Gasteiger partial charge in [0.25, 0.3) is 5.91 Å². The maximum Gasteiger partial charge on any atom is 0.263 e. The highest BCUT2D eigenvalue weighted by Gasteiger charge is 2.32. The van der Waals surface area contributed by atoms with Crippen molar-refractivity contribution in [3.63, 3.8) is 0 Å². The van der Waals surface area contributed by atoms with E-state index in [1.54, 1.807) is 37.6 Å². The van der Waals surface area contributed by atoms with Crippen LogP contribution >= 0.6 is 11.3 Å². The third kappa shape index (κ3) is 2.90. The smallest absolute Gasteiger partial charge is 0.263 e. The molecule has 0 aromatic carbocycles. The van der Waals surface area contributed by atoms with Crippen LogP contribution in [0.25, 0.3) is 10.3 Å². The zero-order valence-corrected chi connectivity index (χ0v) is 15.8. The summed E-state index contributed by atoms with van der Waals surface area (Å²) in [6.45, 7) is 3.60. The second kappa shape index (κ2) is 6.60. The number of carbonyl (C=O) groups is 1. The number of thiophene rings is 1. The van der Waals surface area contributed by atoms with Crippen molar-refractivity contribution in [2.45, 2.75) is 19.3 Å². The Kier molecular flexibility index (Phi) is 4.28. The van der Waals surface area contributed by atoms with Gasteiger partial charge in [0.1, 0.15) is 22.0 Å². The van der Waals surface area contributed by atoms with E-state index in [0.29, 0.717) is 0 Å². The predicted molar refractivity (Wildman–Crippen MR) is 102 cm³/mol. The van der Waals surface area contributed by atoms with Gasteiger partial charge in [0.05, 0.1) is 4.88 Å². The van der Waals surface area contributed by atoms with Crippen LogP contribution < -0.4 is 4.90 Å². The minimum atomic E-state index is 0.0149. The molecule has 134 valence electrons. The summed E-state index contributed by atoms with van der Waals surface area (Å²) in [7, 11) is 3.56. The molecule has 0 unspecified atom stereocenters. The van der Waals surface area contributed by atoms with Crippen molar-refractivity contribution in [3.05, 3.63) is 40.9 Å². The van der Waals surface area contributed by atoms with E-state index >= 15 is 0 Å². The molecule has 1 aliphatic heterocycles. The highest BCUT2D eigenvalue weighted by atomic mass is 32.1. The maximum absolute atomic E-state index is 12.7. The predicted octanol–water partition coefficient (Wildman–Crippen LogP) is 2.49. The highest BCUT2D eigenvalue weighted by molar-refractivity contribution is 7.20. The fourth-order valence-electron chi connectivity index (χ4n) is 3.41. The van der Waals surface area contributed by atoms with E-state index in [9.17, 15) is 4.79 Å². The van der Waals surface area contributed by atoms with Crippen LogP contribution in [-0.2, 0) is 0 Å². The molecular weight excluding hydrogens is 348 g/mol. The number of hydrogen-bond donors (Lipinski definition) is 0. The number of hydrogen-bond acceptors (Lipinski definition) is 7. The molecule has 8 heteroatoms. The first kappa shape index (κ1) is 16.8. The molecule has 0 saturated carbocycles. The summed E-state index contributed by atoms with van der Waals surface area (Å²) in [5, 5.41) is 0. The lowest BCUT2D eigenvalue weighted by molar-refractivity contribution is 0.0831. The number of nitrogens with zero attached hydrogens (tertiary/aromatic N) is 6. The number of aryl methyl sites for hydroxylation is 1. The molecule has 4 heterocycles. The van der Waals surface area contributed by atoms with Crippen LogP contribution in [0.3, 0.4) is 0 Å². The second-order valence-electron chi connectivity index (χ2n) is 6.65. The van der Waals surface area contributed by atoms with E-state index in [0.717, 1.165) is 51.9 Å². The van der Waals surface area contributed by atoms with Gasteiger partial charge in [-0.2, -0.15) is 0 Å². The van der Waals surface area contributed by atoms with Crippen molar-refractivity contribution in [3.8, 4) is 0 Å². The largest absolute Gasteiger partial charge is 0.356 e. The van der Waals surface area contributed by atoms with Gasteiger partial charge in [-0.15, -0.1) is 11.3 Å². The molecule has 7 nitrogen and oxygen atoms in total. The molecule has 0 spiro atoms. The Bertz CT molecular complexity index is 969. The van der Waals surface area contributed by atoms with Crippen LogP contribution in [0, 0.1) is 6.92 Å². The topological polar surface area (TPSA) is 75.1 Å². The van der Waals surface area contributed by atoms with E-state index in [1.807, 2.05) is 13.0 Å². The Morgan fingerprint density at radius 3 is 2.81 bits per heavy atom. The number of rotatable bonds is 3. The van der Waals surface area contributed by atoms with Gasteiger partial charge >= 0.3 is 0 Å². The average Bonchev–Trinajstić information content (AvgIpc) is 3.25. The molecule has 0 N–H and O–H groups in total. The summed E-state index contributed by atoms with van der Waals surface area (Å²) in [5.41, 5.74) is 1.89. The molecule has 26 heavy (non-hydrogen) atoms. The number of anilines is 1. The summed E-state index contributed by atoms with van der Waals surface area (Å²) in [5.74, 6) is 1.95. The van der Waals surface area contributed by atoms with E-state index in [-0.39, 0.29) is 11.8 Å². The third-order valence-corrected chi connectivity index (χ3v) is 5.74. The Hall–Kier alpha value is -2.61. The highest BCUT2D eigenvalue weighted by Crippen LogP contribution is 2.39. The second-order valence-corrected chi connectivity index (χ2v) is 7.65. The molecular formula is C18H20N6OS. The van der Waals surface area contributed by atoms with Crippen LogP contribution in [-0.4, -0.2) is 57.9 Å². The zero-order chi connectivity index (χ0) is 18.3. The molecule has 0 aliphatic carbocycles. The van der Waals surface area contributed by atoms with Gasteiger partial charge in [0, 0.05) is 57.3 Å². The molecule has 1 aliphatic rings. The third-order valence-electron chi connectivity index (χ3n) is 4.65. The monoisotopic (exact) mass is 368 g/mol. The Labute approximate surface area is 155 Å². The fourth-order valence-corrected chi connectivity index (χ4v) is 4.62. The lowest BCUT2D eigenvalue weighted by atomic mass is 9.97. The van der Waals surface area contributed by atoms with Crippen LogP contribution in [0.2, 0.25) is 0 Å². The first-order valence-corrected chi connectivity index (χ1v) is 9.36. The van der Waals surface area contributed by atoms with Crippen molar-refractivity contribution in [2.75, 3.05) is 32.1 Å². The van der Waals surface area contributed by atoms with E-state index in [1.165, 1.54) is 11.3 Å². The minimum Gasteiger partial charge on any atom is -0.356 e. The lowest BCUT2D eigenvalue weighted by Gasteiger charge is -2.18. The van der Waals surface area contributed by atoms with E-state index in [2.05, 4.69) is 24.8 Å². The number of amides is 1. The molecule has 3 aromatic heterocycles. The van der Waals surface area contributed by atoms with Gasteiger partial charge in [-0.05, 0) is 19.4 Å². The van der Waals surface area contributed by atoms with Gasteiger partial charge in [-0.3, -0.25) is 9.78 Å². The Morgan fingerprint density at radius 1 is 1.23 bits per heavy atom. The SMILES string of the molecule is Cc1nccc(N2CC[C@@H](c3c(C(=O)N(C)C)sc4nccnc34)C2)n1.